The number of hydrogen-bond acceptors (Lipinski definition) is 4. The van der Waals surface area contributed by atoms with Crippen LogP contribution in [0.15, 0.2) is 29.3 Å². The van der Waals surface area contributed by atoms with Crippen LogP contribution in [-0.4, -0.2) is 18.6 Å². The molecule has 0 atom stereocenters. The molecule has 14 heavy (non-hydrogen) atoms. The minimum Gasteiger partial charge on any atom is -0.484 e. The first-order valence-electron chi connectivity index (χ1n) is 3.81. The molecule has 0 aliphatic rings. The highest BCUT2D eigenvalue weighted by atomic mass is 16.5. The van der Waals surface area contributed by atoms with E-state index in [0.717, 1.165) is 0 Å². The van der Waals surface area contributed by atoms with Crippen LogP contribution in [-0.2, 0) is 9.59 Å². The van der Waals surface area contributed by atoms with Crippen molar-refractivity contribution >= 4 is 17.7 Å². The van der Waals surface area contributed by atoms with E-state index in [-0.39, 0.29) is 6.61 Å². The number of primary amides is 1. The van der Waals surface area contributed by atoms with Gasteiger partial charge < -0.3 is 10.5 Å². The molecule has 5 nitrogen and oxygen atoms in total. The van der Waals surface area contributed by atoms with Gasteiger partial charge in [0.05, 0.1) is 5.69 Å². The molecule has 1 amide bonds. The fraction of sp³-hybridized carbons (Fsp3) is 0.111. The molecule has 1 rings (SSSR count). The van der Waals surface area contributed by atoms with Crippen LogP contribution >= 0.6 is 0 Å². The van der Waals surface area contributed by atoms with Gasteiger partial charge >= 0.3 is 0 Å². The first-order valence-corrected chi connectivity index (χ1v) is 3.81. The van der Waals surface area contributed by atoms with Crippen molar-refractivity contribution in [3.63, 3.8) is 0 Å². The molecule has 0 bridgehead atoms. The summed E-state index contributed by atoms with van der Waals surface area (Å²) in [5.41, 5.74) is 5.36. The second-order valence-electron chi connectivity index (χ2n) is 2.45. The third kappa shape index (κ3) is 3.08. The first-order chi connectivity index (χ1) is 6.72. The van der Waals surface area contributed by atoms with Gasteiger partial charge in [-0.3, -0.25) is 4.79 Å². The molecule has 0 fully saturated rings. The molecule has 72 valence electrons. The molecule has 0 radical (unpaired) electrons. The topological polar surface area (TPSA) is 81.8 Å². The van der Waals surface area contributed by atoms with Gasteiger partial charge in [0.1, 0.15) is 5.75 Å². The Kier molecular flexibility index (Phi) is 3.41. The number of carbonyl (C=O) groups is 1. The summed E-state index contributed by atoms with van der Waals surface area (Å²) >= 11 is 0. The largest absolute Gasteiger partial charge is 0.484 e. The molecule has 0 aliphatic heterocycles. The summed E-state index contributed by atoms with van der Waals surface area (Å²) in [6, 6.07) is 6.31. The van der Waals surface area contributed by atoms with Crippen molar-refractivity contribution in [1.82, 2.24) is 0 Å². The van der Waals surface area contributed by atoms with Crippen molar-refractivity contribution in [2.75, 3.05) is 6.61 Å². The molecule has 1 aromatic carbocycles. The Morgan fingerprint density at radius 2 is 2.07 bits per heavy atom. The summed E-state index contributed by atoms with van der Waals surface area (Å²) in [5, 5.41) is 0. The lowest BCUT2D eigenvalue weighted by atomic mass is 10.3. The normalized spacial score (nSPS) is 8.86. The standard InChI is InChI=1S/C9H8N2O3/c10-9(13)5-14-8-3-1-7(2-4-8)11-6-12/h1-4H,5H2,(H2,10,13). The average Bonchev–Trinajstić information content (AvgIpc) is 2.17. The fourth-order valence-corrected chi connectivity index (χ4v) is 0.824. The Morgan fingerprint density at radius 1 is 1.43 bits per heavy atom. The summed E-state index contributed by atoms with van der Waals surface area (Å²) in [7, 11) is 0. The van der Waals surface area contributed by atoms with Crippen molar-refractivity contribution in [2.24, 2.45) is 10.7 Å². The number of aliphatic imine (C=N–C) groups is 1. The number of benzene rings is 1. The van der Waals surface area contributed by atoms with E-state index in [1.165, 1.54) is 6.08 Å². The number of amides is 1. The molecule has 2 N–H and O–H groups in total. The van der Waals surface area contributed by atoms with Crippen LogP contribution in [0.5, 0.6) is 5.75 Å². The molecular weight excluding hydrogens is 184 g/mol. The van der Waals surface area contributed by atoms with E-state index < -0.39 is 5.91 Å². The van der Waals surface area contributed by atoms with E-state index >= 15 is 0 Å². The summed E-state index contributed by atoms with van der Waals surface area (Å²) in [5.74, 6) is -0.0476. The zero-order valence-corrected chi connectivity index (χ0v) is 7.27. The average molecular weight is 192 g/mol. The van der Waals surface area contributed by atoms with Gasteiger partial charge in [0.25, 0.3) is 5.91 Å². The van der Waals surface area contributed by atoms with E-state index in [1.54, 1.807) is 24.3 Å². The molecule has 0 aromatic heterocycles. The zero-order valence-electron chi connectivity index (χ0n) is 7.27. The van der Waals surface area contributed by atoms with Crippen LogP contribution in [0.3, 0.4) is 0 Å². The highest BCUT2D eigenvalue weighted by Gasteiger charge is 1.96. The van der Waals surface area contributed by atoms with Gasteiger partial charge in [0.2, 0.25) is 6.08 Å². The lowest BCUT2D eigenvalue weighted by Gasteiger charge is -2.02. The van der Waals surface area contributed by atoms with Gasteiger partial charge in [0, 0.05) is 0 Å². The minimum atomic E-state index is -0.542. The van der Waals surface area contributed by atoms with Gasteiger partial charge in [-0.2, -0.15) is 4.99 Å². The number of nitrogens with zero attached hydrogens (tertiary/aromatic N) is 1. The number of hydrogen-bond donors (Lipinski definition) is 1. The fourth-order valence-electron chi connectivity index (χ4n) is 0.824. The van der Waals surface area contributed by atoms with Gasteiger partial charge in [-0.15, -0.1) is 0 Å². The van der Waals surface area contributed by atoms with Crippen LogP contribution in [0, 0.1) is 0 Å². The van der Waals surface area contributed by atoms with Crippen molar-refractivity contribution in [2.45, 2.75) is 0 Å². The number of nitrogens with two attached hydrogens (primary N) is 1. The highest BCUT2D eigenvalue weighted by Crippen LogP contribution is 2.17. The van der Waals surface area contributed by atoms with Gasteiger partial charge in [0.15, 0.2) is 6.61 Å². The van der Waals surface area contributed by atoms with Crippen molar-refractivity contribution in [1.29, 1.82) is 0 Å². The van der Waals surface area contributed by atoms with Crippen molar-refractivity contribution in [3.05, 3.63) is 24.3 Å². The van der Waals surface area contributed by atoms with Crippen LogP contribution in [0.25, 0.3) is 0 Å². The molecule has 0 heterocycles. The van der Waals surface area contributed by atoms with Crippen molar-refractivity contribution < 1.29 is 14.3 Å². The maximum atomic E-state index is 10.4. The maximum absolute atomic E-state index is 10.4. The van der Waals surface area contributed by atoms with Crippen LogP contribution in [0.4, 0.5) is 5.69 Å². The Morgan fingerprint density at radius 3 is 2.57 bits per heavy atom. The molecule has 1 aromatic rings. The third-order valence-electron chi connectivity index (χ3n) is 1.39. The quantitative estimate of drug-likeness (QED) is 0.557. The van der Waals surface area contributed by atoms with Gasteiger partial charge in [-0.05, 0) is 24.3 Å². The summed E-state index contributed by atoms with van der Waals surface area (Å²) < 4.78 is 4.99. The third-order valence-corrected chi connectivity index (χ3v) is 1.39. The first kappa shape index (κ1) is 9.95. The van der Waals surface area contributed by atoms with E-state index in [0.29, 0.717) is 11.4 Å². The van der Waals surface area contributed by atoms with E-state index in [4.69, 9.17) is 10.5 Å². The number of rotatable bonds is 4. The maximum Gasteiger partial charge on any atom is 0.255 e. The smallest absolute Gasteiger partial charge is 0.255 e. The Labute approximate surface area is 80.2 Å². The Balaban J connectivity index is 2.63. The summed E-state index contributed by atoms with van der Waals surface area (Å²) in [6.07, 6.45) is 1.41. The number of carbonyl (C=O) groups excluding carboxylic acids is 2. The van der Waals surface area contributed by atoms with E-state index in [2.05, 4.69) is 4.99 Å². The van der Waals surface area contributed by atoms with E-state index in [1.807, 2.05) is 0 Å². The lowest BCUT2D eigenvalue weighted by molar-refractivity contribution is -0.119. The molecule has 0 unspecified atom stereocenters. The van der Waals surface area contributed by atoms with Gasteiger partial charge in [-0.25, -0.2) is 4.79 Å². The highest BCUT2D eigenvalue weighted by molar-refractivity contribution is 5.75. The second kappa shape index (κ2) is 4.79. The van der Waals surface area contributed by atoms with Gasteiger partial charge in [-0.1, -0.05) is 0 Å². The SMILES string of the molecule is NC(=O)COc1ccc(N=C=O)cc1. The number of ether oxygens (including phenoxy) is 1. The van der Waals surface area contributed by atoms with Crippen LogP contribution in [0.2, 0.25) is 0 Å². The second-order valence-corrected chi connectivity index (χ2v) is 2.45. The molecule has 5 heteroatoms. The summed E-state index contributed by atoms with van der Waals surface area (Å²) in [4.78, 5) is 23.6. The Bertz CT molecular complexity index is 366. The predicted molar refractivity (Wildman–Crippen MR) is 48.9 cm³/mol. The molecular formula is C9H8N2O3. The minimum absolute atomic E-state index is 0.170. The van der Waals surface area contributed by atoms with Crippen molar-refractivity contribution in [3.8, 4) is 5.75 Å². The molecule has 0 aliphatic carbocycles. The Hall–Kier alpha value is -2.13. The molecule has 0 saturated carbocycles. The lowest BCUT2D eigenvalue weighted by Crippen LogP contribution is -2.19. The van der Waals surface area contributed by atoms with Crippen LogP contribution in [0.1, 0.15) is 0 Å². The monoisotopic (exact) mass is 192 g/mol. The zero-order chi connectivity index (χ0) is 10.4. The predicted octanol–water partition coefficient (Wildman–Crippen LogP) is 0.518. The van der Waals surface area contributed by atoms with E-state index in [9.17, 15) is 9.59 Å². The molecule has 0 spiro atoms. The van der Waals surface area contributed by atoms with Crippen LogP contribution < -0.4 is 10.5 Å². The summed E-state index contributed by atoms with van der Waals surface area (Å²) in [6.45, 7) is -0.170. The number of isocyanates is 1. The molecule has 0 saturated heterocycles.